The molecule has 0 saturated heterocycles. The second-order valence-corrected chi connectivity index (χ2v) is 4.87. The highest BCUT2D eigenvalue weighted by atomic mass is 19.1. The number of rotatable bonds is 7. The monoisotopic (exact) mass is 273 g/mol. The highest BCUT2D eigenvalue weighted by Gasteiger charge is 2.00. The Kier molecular flexibility index (Phi) is 5.50. The summed E-state index contributed by atoms with van der Waals surface area (Å²) in [7, 11) is 2.11. The van der Waals surface area contributed by atoms with Crippen LogP contribution in [0, 0.1) is 5.82 Å². The predicted molar refractivity (Wildman–Crippen MR) is 80.1 cm³/mol. The molecule has 0 aliphatic heterocycles. The summed E-state index contributed by atoms with van der Waals surface area (Å²) >= 11 is 0. The van der Waals surface area contributed by atoms with Crippen LogP contribution in [-0.4, -0.2) is 30.0 Å². The van der Waals surface area contributed by atoms with Gasteiger partial charge in [0.2, 0.25) is 0 Å². The standard InChI is InChI=1S/C16H20FN3/c1-20(13-14-6-3-2-4-7-14)11-5-10-18-16-9-8-15(17)12-19-16/h2-4,6-9,12H,5,10-11,13H2,1H3,(H,18,19). The number of pyridine rings is 1. The summed E-state index contributed by atoms with van der Waals surface area (Å²) in [6.07, 6.45) is 2.24. The summed E-state index contributed by atoms with van der Waals surface area (Å²) < 4.78 is 12.7. The second kappa shape index (κ2) is 7.60. The smallest absolute Gasteiger partial charge is 0.141 e. The lowest BCUT2D eigenvalue weighted by molar-refractivity contribution is 0.325. The molecule has 0 amide bonds. The van der Waals surface area contributed by atoms with Crippen molar-refractivity contribution < 1.29 is 4.39 Å². The van der Waals surface area contributed by atoms with Gasteiger partial charge in [-0.3, -0.25) is 0 Å². The minimum Gasteiger partial charge on any atom is -0.370 e. The van der Waals surface area contributed by atoms with Crippen molar-refractivity contribution in [3.05, 3.63) is 60.0 Å². The third kappa shape index (κ3) is 4.97. The van der Waals surface area contributed by atoms with Gasteiger partial charge < -0.3 is 10.2 Å². The maximum Gasteiger partial charge on any atom is 0.141 e. The Morgan fingerprint density at radius 2 is 1.95 bits per heavy atom. The van der Waals surface area contributed by atoms with Gasteiger partial charge in [0.1, 0.15) is 11.6 Å². The van der Waals surface area contributed by atoms with Crippen LogP contribution in [0.4, 0.5) is 10.2 Å². The molecule has 1 aromatic carbocycles. The Hall–Kier alpha value is -1.94. The molecule has 1 aromatic heterocycles. The lowest BCUT2D eigenvalue weighted by atomic mass is 10.2. The SMILES string of the molecule is CN(CCCNc1ccc(F)cn1)Cc1ccccc1. The largest absolute Gasteiger partial charge is 0.370 e. The van der Waals surface area contributed by atoms with Crippen LogP contribution in [0.5, 0.6) is 0 Å². The molecule has 0 aliphatic carbocycles. The van der Waals surface area contributed by atoms with Gasteiger partial charge in [0.25, 0.3) is 0 Å². The fourth-order valence-corrected chi connectivity index (χ4v) is 2.02. The van der Waals surface area contributed by atoms with Crippen molar-refractivity contribution in [3.63, 3.8) is 0 Å². The van der Waals surface area contributed by atoms with Gasteiger partial charge in [-0.1, -0.05) is 30.3 Å². The number of anilines is 1. The Bertz CT molecular complexity index is 499. The Morgan fingerprint density at radius 1 is 1.15 bits per heavy atom. The van der Waals surface area contributed by atoms with E-state index in [0.29, 0.717) is 0 Å². The van der Waals surface area contributed by atoms with E-state index in [0.717, 1.165) is 31.9 Å². The number of halogens is 1. The predicted octanol–water partition coefficient (Wildman–Crippen LogP) is 3.15. The number of hydrogen-bond acceptors (Lipinski definition) is 3. The van der Waals surface area contributed by atoms with Gasteiger partial charge >= 0.3 is 0 Å². The van der Waals surface area contributed by atoms with Crippen LogP contribution < -0.4 is 5.32 Å². The first-order valence-corrected chi connectivity index (χ1v) is 6.82. The lowest BCUT2D eigenvalue weighted by Gasteiger charge is -2.16. The first-order chi connectivity index (χ1) is 9.74. The quantitative estimate of drug-likeness (QED) is 0.785. The molecule has 2 aromatic rings. The van der Waals surface area contributed by atoms with E-state index in [4.69, 9.17) is 0 Å². The third-order valence-corrected chi connectivity index (χ3v) is 3.05. The summed E-state index contributed by atoms with van der Waals surface area (Å²) in [5, 5.41) is 3.19. The van der Waals surface area contributed by atoms with E-state index in [9.17, 15) is 4.39 Å². The molecule has 4 heteroatoms. The number of benzene rings is 1. The van der Waals surface area contributed by atoms with Gasteiger partial charge in [0.15, 0.2) is 0 Å². The number of nitrogens with zero attached hydrogens (tertiary/aromatic N) is 2. The molecule has 1 heterocycles. The molecule has 20 heavy (non-hydrogen) atoms. The van der Waals surface area contributed by atoms with Crippen LogP contribution in [0.1, 0.15) is 12.0 Å². The van der Waals surface area contributed by atoms with E-state index < -0.39 is 0 Å². The topological polar surface area (TPSA) is 28.2 Å². The van der Waals surface area contributed by atoms with Crippen molar-refractivity contribution in [2.45, 2.75) is 13.0 Å². The van der Waals surface area contributed by atoms with Gasteiger partial charge in [-0.2, -0.15) is 0 Å². The van der Waals surface area contributed by atoms with Crippen molar-refractivity contribution in [1.29, 1.82) is 0 Å². The van der Waals surface area contributed by atoms with E-state index >= 15 is 0 Å². The number of nitrogens with one attached hydrogen (secondary N) is 1. The summed E-state index contributed by atoms with van der Waals surface area (Å²) in [5.74, 6) is 0.412. The van der Waals surface area contributed by atoms with Crippen molar-refractivity contribution in [2.24, 2.45) is 0 Å². The van der Waals surface area contributed by atoms with Gasteiger partial charge in [-0.05, 0) is 37.7 Å². The van der Waals surface area contributed by atoms with Crippen LogP contribution in [0.3, 0.4) is 0 Å². The zero-order valence-electron chi connectivity index (χ0n) is 11.7. The highest BCUT2D eigenvalue weighted by Crippen LogP contribution is 2.05. The first kappa shape index (κ1) is 14.5. The molecule has 1 N–H and O–H groups in total. The minimum absolute atomic E-state index is 0.307. The van der Waals surface area contributed by atoms with Crippen LogP contribution in [0.15, 0.2) is 48.7 Å². The van der Waals surface area contributed by atoms with E-state index in [1.165, 1.54) is 17.8 Å². The average Bonchev–Trinajstić information content (AvgIpc) is 2.46. The molecule has 0 radical (unpaired) electrons. The second-order valence-electron chi connectivity index (χ2n) is 4.87. The van der Waals surface area contributed by atoms with Crippen LogP contribution in [0.25, 0.3) is 0 Å². The molecular formula is C16H20FN3. The molecule has 0 aliphatic rings. The fourth-order valence-electron chi connectivity index (χ4n) is 2.02. The van der Waals surface area contributed by atoms with E-state index in [1.54, 1.807) is 6.07 Å². The van der Waals surface area contributed by atoms with Crippen LogP contribution in [0.2, 0.25) is 0 Å². The molecule has 2 rings (SSSR count). The minimum atomic E-state index is -0.307. The molecule has 0 saturated carbocycles. The first-order valence-electron chi connectivity index (χ1n) is 6.82. The summed E-state index contributed by atoms with van der Waals surface area (Å²) in [6.45, 7) is 2.79. The van der Waals surface area contributed by atoms with Crippen LogP contribution in [-0.2, 0) is 6.54 Å². The van der Waals surface area contributed by atoms with Gasteiger partial charge in [-0.15, -0.1) is 0 Å². The Labute approximate surface area is 119 Å². The zero-order chi connectivity index (χ0) is 14.2. The molecule has 0 bridgehead atoms. The molecular weight excluding hydrogens is 253 g/mol. The zero-order valence-corrected chi connectivity index (χ0v) is 11.7. The Balaban J connectivity index is 1.64. The van der Waals surface area contributed by atoms with Gasteiger partial charge in [0, 0.05) is 13.1 Å². The molecule has 0 unspecified atom stereocenters. The fraction of sp³-hybridized carbons (Fsp3) is 0.312. The van der Waals surface area contributed by atoms with E-state index in [-0.39, 0.29) is 5.82 Å². The summed E-state index contributed by atoms with van der Waals surface area (Å²) in [5.41, 5.74) is 1.32. The van der Waals surface area contributed by atoms with Crippen LogP contribution >= 0.6 is 0 Å². The maximum absolute atomic E-state index is 12.7. The summed E-state index contributed by atoms with van der Waals surface area (Å²) in [4.78, 5) is 6.25. The van der Waals surface area contributed by atoms with Crippen molar-refractivity contribution in [3.8, 4) is 0 Å². The molecule has 0 atom stereocenters. The van der Waals surface area contributed by atoms with Crippen molar-refractivity contribution in [1.82, 2.24) is 9.88 Å². The highest BCUT2D eigenvalue weighted by molar-refractivity contribution is 5.33. The van der Waals surface area contributed by atoms with Crippen molar-refractivity contribution in [2.75, 3.05) is 25.5 Å². The number of aromatic nitrogens is 1. The normalized spacial score (nSPS) is 10.8. The molecule has 0 spiro atoms. The molecule has 106 valence electrons. The molecule has 0 fully saturated rings. The Morgan fingerprint density at radius 3 is 2.65 bits per heavy atom. The van der Waals surface area contributed by atoms with Gasteiger partial charge in [-0.25, -0.2) is 9.37 Å². The van der Waals surface area contributed by atoms with E-state index in [1.807, 2.05) is 6.07 Å². The van der Waals surface area contributed by atoms with E-state index in [2.05, 4.69) is 46.5 Å². The third-order valence-electron chi connectivity index (χ3n) is 3.05. The molecule has 3 nitrogen and oxygen atoms in total. The average molecular weight is 273 g/mol. The van der Waals surface area contributed by atoms with Gasteiger partial charge in [0.05, 0.1) is 6.20 Å². The number of hydrogen-bond donors (Lipinski definition) is 1. The summed E-state index contributed by atoms with van der Waals surface area (Å²) in [6, 6.07) is 13.5. The maximum atomic E-state index is 12.7. The lowest BCUT2D eigenvalue weighted by Crippen LogP contribution is -2.21. The van der Waals surface area contributed by atoms with Crippen molar-refractivity contribution >= 4 is 5.82 Å².